The van der Waals surface area contributed by atoms with Gasteiger partial charge in [0, 0.05) is 24.7 Å². The molecule has 0 bridgehead atoms. The Kier molecular flexibility index (Phi) is 5.45. The van der Waals surface area contributed by atoms with Crippen LogP contribution in [0, 0.1) is 5.41 Å². The maximum Gasteiger partial charge on any atom is 0.240 e. The van der Waals surface area contributed by atoms with Gasteiger partial charge in [0.25, 0.3) is 0 Å². The largest absolute Gasteiger partial charge is 0.344 e. The Balaban J connectivity index is 1.98. The average molecular weight is 325 g/mol. The molecule has 1 saturated heterocycles. The molecule has 1 aromatic carbocycles. The molecule has 2 unspecified atom stereocenters. The normalized spacial score (nSPS) is 21.9. The van der Waals surface area contributed by atoms with E-state index in [2.05, 4.69) is 24.7 Å². The zero-order chi connectivity index (χ0) is 16.3. The molecule has 6 heteroatoms. The number of nitrogens with one attached hydrogen (secondary N) is 2. The Morgan fingerprint density at radius 3 is 2.73 bits per heavy atom. The van der Waals surface area contributed by atoms with E-state index in [1.54, 1.807) is 4.90 Å². The summed E-state index contributed by atoms with van der Waals surface area (Å²) in [7, 11) is 1.82. The van der Waals surface area contributed by atoms with Crippen molar-refractivity contribution in [1.29, 1.82) is 0 Å². The highest BCUT2D eigenvalue weighted by Crippen LogP contribution is 2.28. The standard InChI is InChI=1S/C16H25ClN4O/c1-16(2,9-18)10-21(3)15(22)14-8-13(19-20-14)11-6-4-5-7-12(11)17/h4-7,13-14,19-20H,8-10,18H2,1-3H3. The minimum absolute atomic E-state index is 0.0403. The molecular formula is C16H25ClN4O. The van der Waals surface area contributed by atoms with E-state index in [1.165, 1.54) is 0 Å². The highest BCUT2D eigenvalue weighted by Gasteiger charge is 2.33. The molecule has 2 rings (SSSR count). The number of carbonyl (C=O) groups is 1. The van der Waals surface area contributed by atoms with Crippen LogP contribution in [-0.2, 0) is 4.79 Å². The molecule has 0 saturated carbocycles. The van der Waals surface area contributed by atoms with Gasteiger partial charge in [-0.2, -0.15) is 0 Å². The monoisotopic (exact) mass is 324 g/mol. The van der Waals surface area contributed by atoms with Gasteiger partial charge in [-0.25, -0.2) is 10.9 Å². The Labute approximate surface area is 137 Å². The van der Waals surface area contributed by atoms with Crippen molar-refractivity contribution in [2.45, 2.75) is 32.4 Å². The summed E-state index contributed by atoms with van der Waals surface area (Å²) in [5.74, 6) is 0.0728. The number of carbonyl (C=O) groups excluding carboxylic acids is 1. The molecule has 4 N–H and O–H groups in total. The first-order chi connectivity index (χ1) is 10.3. The summed E-state index contributed by atoms with van der Waals surface area (Å²) in [6.45, 7) is 5.30. The lowest BCUT2D eigenvalue weighted by Gasteiger charge is -2.30. The van der Waals surface area contributed by atoms with Gasteiger partial charge in [-0.05, 0) is 30.0 Å². The lowest BCUT2D eigenvalue weighted by Crippen LogP contribution is -2.47. The summed E-state index contributed by atoms with van der Waals surface area (Å²) < 4.78 is 0. The van der Waals surface area contributed by atoms with Crippen LogP contribution >= 0.6 is 11.6 Å². The lowest BCUT2D eigenvalue weighted by molar-refractivity contribution is -0.133. The Morgan fingerprint density at radius 1 is 1.41 bits per heavy atom. The first-order valence-electron chi connectivity index (χ1n) is 7.54. The number of hydrogen-bond donors (Lipinski definition) is 3. The molecular weight excluding hydrogens is 300 g/mol. The van der Waals surface area contributed by atoms with E-state index >= 15 is 0 Å². The summed E-state index contributed by atoms with van der Waals surface area (Å²) in [5.41, 5.74) is 12.9. The Hall–Kier alpha value is -1.14. The summed E-state index contributed by atoms with van der Waals surface area (Å²) >= 11 is 6.22. The van der Waals surface area contributed by atoms with E-state index in [0.717, 1.165) is 5.56 Å². The van der Waals surface area contributed by atoms with Crippen molar-refractivity contribution in [1.82, 2.24) is 15.8 Å². The Morgan fingerprint density at radius 2 is 2.09 bits per heavy atom. The number of hydrazine groups is 1. The maximum atomic E-state index is 12.6. The lowest BCUT2D eigenvalue weighted by atomic mass is 9.93. The minimum Gasteiger partial charge on any atom is -0.344 e. The molecule has 1 aliphatic rings. The minimum atomic E-state index is -0.250. The van der Waals surface area contributed by atoms with Crippen LogP contribution in [0.25, 0.3) is 0 Å². The molecule has 5 nitrogen and oxygen atoms in total. The molecule has 0 aliphatic carbocycles. The first kappa shape index (κ1) is 17.2. The van der Waals surface area contributed by atoms with Crippen LogP contribution in [0.15, 0.2) is 24.3 Å². The van der Waals surface area contributed by atoms with Gasteiger partial charge in [0.2, 0.25) is 5.91 Å². The number of likely N-dealkylation sites (N-methyl/N-ethyl adjacent to an activating group) is 1. The maximum absolute atomic E-state index is 12.6. The van der Waals surface area contributed by atoms with E-state index in [-0.39, 0.29) is 23.4 Å². The molecule has 1 fully saturated rings. The fourth-order valence-electron chi connectivity index (χ4n) is 2.73. The molecule has 0 aromatic heterocycles. The third-order valence-corrected chi connectivity index (χ3v) is 4.42. The molecule has 1 heterocycles. The van der Waals surface area contributed by atoms with E-state index in [9.17, 15) is 4.79 Å². The summed E-state index contributed by atoms with van der Waals surface area (Å²) in [6, 6.07) is 7.49. The van der Waals surface area contributed by atoms with E-state index in [0.29, 0.717) is 24.5 Å². The van der Waals surface area contributed by atoms with Gasteiger partial charge in [-0.15, -0.1) is 0 Å². The summed E-state index contributed by atoms with van der Waals surface area (Å²) in [4.78, 5) is 14.3. The average Bonchev–Trinajstić information content (AvgIpc) is 2.96. The SMILES string of the molecule is CN(CC(C)(C)CN)C(=O)C1CC(c2ccccc2Cl)NN1. The molecule has 0 radical (unpaired) electrons. The number of halogens is 1. The molecule has 1 aromatic rings. The van der Waals surface area contributed by atoms with E-state index in [1.807, 2.05) is 31.3 Å². The number of benzene rings is 1. The van der Waals surface area contributed by atoms with Gasteiger partial charge in [0.05, 0.1) is 0 Å². The first-order valence-corrected chi connectivity index (χ1v) is 7.92. The van der Waals surface area contributed by atoms with Crippen molar-refractivity contribution >= 4 is 17.5 Å². The van der Waals surface area contributed by atoms with Gasteiger partial charge in [0.15, 0.2) is 0 Å². The van der Waals surface area contributed by atoms with Crippen LogP contribution < -0.4 is 16.6 Å². The third-order valence-electron chi connectivity index (χ3n) is 4.08. The number of hydrogen-bond acceptors (Lipinski definition) is 4. The van der Waals surface area contributed by atoms with Crippen molar-refractivity contribution in [3.05, 3.63) is 34.9 Å². The van der Waals surface area contributed by atoms with Gasteiger partial charge >= 0.3 is 0 Å². The second-order valence-electron chi connectivity index (χ2n) is 6.71. The second kappa shape index (κ2) is 6.96. The smallest absolute Gasteiger partial charge is 0.240 e. The van der Waals surface area contributed by atoms with Gasteiger partial charge < -0.3 is 10.6 Å². The summed E-state index contributed by atoms with van der Waals surface area (Å²) in [5, 5.41) is 0.715. The zero-order valence-electron chi connectivity index (χ0n) is 13.4. The molecule has 122 valence electrons. The zero-order valence-corrected chi connectivity index (χ0v) is 14.2. The third kappa shape index (κ3) is 3.98. The van der Waals surface area contributed by atoms with Crippen LogP contribution in [0.1, 0.15) is 31.9 Å². The van der Waals surface area contributed by atoms with Crippen LogP contribution in [-0.4, -0.2) is 37.0 Å². The molecule has 1 amide bonds. The molecule has 1 aliphatic heterocycles. The van der Waals surface area contributed by atoms with Crippen molar-refractivity contribution in [3.8, 4) is 0 Å². The van der Waals surface area contributed by atoms with Crippen molar-refractivity contribution < 1.29 is 4.79 Å². The van der Waals surface area contributed by atoms with Crippen LogP contribution in [0.2, 0.25) is 5.02 Å². The highest BCUT2D eigenvalue weighted by atomic mass is 35.5. The fourth-order valence-corrected chi connectivity index (χ4v) is 3.00. The van der Waals surface area contributed by atoms with Gasteiger partial charge in [-0.1, -0.05) is 43.6 Å². The Bertz CT molecular complexity index is 535. The second-order valence-corrected chi connectivity index (χ2v) is 7.12. The quantitative estimate of drug-likeness (QED) is 0.771. The predicted octanol–water partition coefficient (Wildman–Crippen LogP) is 1.69. The van der Waals surface area contributed by atoms with Crippen LogP contribution in [0.4, 0.5) is 0 Å². The highest BCUT2D eigenvalue weighted by molar-refractivity contribution is 6.31. The van der Waals surface area contributed by atoms with Crippen molar-refractivity contribution in [3.63, 3.8) is 0 Å². The van der Waals surface area contributed by atoms with Crippen molar-refractivity contribution in [2.24, 2.45) is 11.1 Å². The number of amides is 1. The van der Waals surface area contributed by atoms with E-state index < -0.39 is 0 Å². The number of rotatable bonds is 5. The van der Waals surface area contributed by atoms with Gasteiger partial charge in [-0.3, -0.25) is 4.79 Å². The number of nitrogens with two attached hydrogens (primary N) is 1. The fraction of sp³-hybridized carbons (Fsp3) is 0.562. The molecule has 22 heavy (non-hydrogen) atoms. The van der Waals surface area contributed by atoms with Gasteiger partial charge in [0.1, 0.15) is 6.04 Å². The topological polar surface area (TPSA) is 70.4 Å². The summed E-state index contributed by atoms with van der Waals surface area (Å²) in [6.07, 6.45) is 0.677. The molecule has 0 spiro atoms. The van der Waals surface area contributed by atoms with Crippen LogP contribution in [0.5, 0.6) is 0 Å². The van der Waals surface area contributed by atoms with Crippen LogP contribution in [0.3, 0.4) is 0 Å². The van der Waals surface area contributed by atoms with Crippen molar-refractivity contribution in [2.75, 3.05) is 20.1 Å². The molecule has 2 atom stereocenters. The predicted molar refractivity (Wildman–Crippen MR) is 89.3 cm³/mol. The number of nitrogens with zero attached hydrogens (tertiary/aromatic N) is 1. The van der Waals surface area contributed by atoms with E-state index in [4.69, 9.17) is 17.3 Å².